The third-order valence-corrected chi connectivity index (χ3v) is 3.17. The highest BCUT2D eigenvalue weighted by atomic mass is 32.1. The number of morpholine rings is 1. The lowest BCUT2D eigenvalue weighted by Gasteiger charge is -2.37. The number of halogens is 8. The molecule has 1 fully saturated rings. The summed E-state index contributed by atoms with van der Waals surface area (Å²) in [5.74, 6) is -18.1. The molecule has 0 amide bonds. The Bertz CT molecular complexity index is 369. The van der Waals surface area contributed by atoms with E-state index in [-0.39, 0.29) is 26.3 Å². The number of alkyl halides is 8. The summed E-state index contributed by atoms with van der Waals surface area (Å²) in [5.41, 5.74) is 0. The highest BCUT2D eigenvalue weighted by molar-refractivity contribution is 7.80. The second kappa shape index (κ2) is 5.58. The topological polar surface area (TPSA) is 12.5 Å². The minimum absolute atomic E-state index is 0.118. The molecule has 0 aromatic carbocycles. The fourth-order valence-corrected chi connectivity index (χ4v) is 1.76. The number of nitrogens with zero attached hydrogens (tertiary/aromatic N) is 1. The van der Waals surface area contributed by atoms with Gasteiger partial charge in [0.1, 0.15) is 0 Å². The van der Waals surface area contributed by atoms with Crippen LogP contribution in [0.3, 0.4) is 0 Å². The van der Waals surface area contributed by atoms with Gasteiger partial charge in [0.05, 0.1) is 13.2 Å². The fourth-order valence-electron chi connectivity index (χ4n) is 1.45. The van der Waals surface area contributed by atoms with E-state index in [0.717, 1.165) is 0 Å². The van der Waals surface area contributed by atoms with Crippen LogP contribution in [0.5, 0.6) is 0 Å². The predicted octanol–water partition coefficient (Wildman–Crippen LogP) is 2.82. The van der Waals surface area contributed by atoms with Crippen molar-refractivity contribution in [3.8, 4) is 0 Å². The molecule has 0 atom stereocenters. The quantitative estimate of drug-likeness (QED) is 0.581. The van der Waals surface area contributed by atoms with Gasteiger partial charge in [-0.05, 0) is 0 Å². The lowest BCUT2D eigenvalue weighted by molar-refractivity contribution is -0.320. The molecule has 1 aliphatic rings. The van der Waals surface area contributed by atoms with E-state index in [9.17, 15) is 35.1 Å². The van der Waals surface area contributed by atoms with Crippen LogP contribution >= 0.6 is 12.2 Å². The molecule has 0 radical (unpaired) electrons. The normalized spacial score (nSPS) is 18.6. The molecule has 20 heavy (non-hydrogen) atoms. The summed E-state index contributed by atoms with van der Waals surface area (Å²) >= 11 is 4.08. The maximum Gasteiger partial charge on any atom is 0.384 e. The van der Waals surface area contributed by atoms with Crippen molar-refractivity contribution in [2.45, 2.75) is 24.2 Å². The Morgan fingerprint density at radius 1 is 1.00 bits per heavy atom. The van der Waals surface area contributed by atoms with Crippen molar-refractivity contribution < 1.29 is 39.9 Å². The molecule has 0 aromatic heterocycles. The summed E-state index contributed by atoms with van der Waals surface area (Å²) in [6.45, 7) is -0.866. The minimum Gasteiger partial charge on any atom is -0.378 e. The molecule has 0 spiro atoms. The molecule has 2 nitrogen and oxygen atoms in total. The molecular weight excluding hydrogens is 322 g/mol. The molecule has 1 heterocycles. The first-order valence-corrected chi connectivity index (χ1v) is 5.65. The number of hydrogen-bond acceptors (Lipinski definition) is 2. The molecule has 0 bridgehead atoms. The maximum absolute atomic E-state index is 13.4. The number of ether oxygens (including phenoxy) is 1. The molecule has 0 N–H and O–H groups in total. The van der Waals surface area contributed by atoms with Crippen molar-refractivity contribution in [2.75, 3.05) is 26.3 Å². The van der Waals surface area contributed by atoms with Gasteiger partial charge in [0, 0.05) is 13.1 Å². The highest BCUT2D eigenvalue weighted by Gasteiger charge is 2.77. The molecule has 1 aliphatic heterocycles. The first-order chi connectivity index (χ1) is 8.96. The van der Waals surface area contributed by atoms with Gasteiger partial charge in [0.15, 0.2) is 4.99 Å². The predicted molar refractivity (Wildman–Crippen MR) is 55.8 cm³/mol. The molecule has 0 aliphatic carbocycles. The Morgan fingerprint density at radius 3 is 1.85 bits per heavy atom. The number of hydrogen-bond donors (Lipinski definition) is 0. The van der Waals surface area contributed by atoms with Crippen molar-refractivity contribution in [1.82, 2.24) is 4.90 Å². The van der Waals surface area contributed by atoms with Gasteiger partial charge in [0.25, 0.3) is 0 Å². The summed E-state index contributed by atoms with van der Waals surface area (Å²) in [6.07, 6.45) is -4.95. The molecule has 11 heteroatoms. The van der Waals surface area contributed by atoms with E-state index in [2.05, 4.69) is 12.2 Å². The molecule has 0 saturated carbocycles. The molecule has 0 unspecified atom stereocenters. The molecule has 118 valence electrons. The fraction of sp³-hybridized carbons (Fsp3) is 0.889. The van der Waals surface area contributed by atoms with Crippen LogP contribution in [0.4, 0.5) is 35.1 Å². The molecule has 1 rings (SSSR count). The standard InChI is InChI=1S/C9H9F8NOS/c10-5(11)7(12,13)9(16,17)8(14,15)6(20)18-1-3-19-4-2-18/h5H,1-4H2. The third kappa shape index (κ3) is 2.69. The van der Waals surface area contributed by atoms with E-state index in [1.54, 1.807) is 0 Å². The van der Waals surface area contributed by atoms with E-state index in [1.807, 2.05) is 0 Å². The van der Waals surface area contributed by atoms with E-state index in [4.69, 9.17) is 4.74 Å². The molecular formula is C9H9F8NOS. The van der Waals surface area contributed by atoms with Crippen molar-refractivity contribution in [3.05, 3.63) is 0 Å². The average Bonchev–Trinajstić information content (AvgIpc) is 2.38. The van der Waals surface area contributed by atoms with Gasteiger partial charge in [0.2, 0.25) is 0 Å². The van der Waals surface area contributed by atoms with Gasteiger partial charge in [-0.25, -0.2) is 8.78 Å². The largest absolute Gasteiger partial charge is 0.384 e. The van der Waals surface area contributed by atoms with Crippen LogP contribution in [0.2, 0.25) is 0 Å². The average molecular weight is 331 g/mol. The van der Waals surface area contributed by atoms with Crippen LogP contribution in [0.15, 0.2) is 0 Å². The summed E-state index contributed by atoms with van der Waals surface area (Å²) in [7, 11) is 0. The second-order valence-electron chi connectivity index (χ2n) is 3.98. The Labute approximate surface area is 113 Å². The van der Waals surface area contributed by atoms with Crippen LogP contribution in [-0.2, 0) is 4.74 Å². The van der Waals surface area contributed by atoms with E-state index in [0.29, 0.717) is 4.90 Å². The number of rotatable bonds is 4. The summed E-state index contributed by atoms with van der Waals surface area (Å²) in [5, 5.41) is 0. The monoisotopic (exact) mass is 331 g/mol. The Morgan fingerprint density at radius 2 is 1.45 bits per heavy atom. The summed E-state index contributed by atoms with van der Waals surface area (Å²) in [4.78, 5) is -1.26. The van der Waals surface area contributed by atoms with E-state index >= 15 is 0 Å². The Hall–Kier alpha value is -0.710. The zero-order valence-corrected chi connectivity index (χ0v) is 10.5. The van der Waals surface area contributed by atoms with E-state index < -0.39 is 29.2 Å². The van der Waals surface area contributed by atoms with Crippen molar-refractivity contribution in [3.63, 3.8) is 0 Å². The van der Waals surface area contributed by atoms with Crippen LogP contribution in [0.1, 0.15) is 0 Å². The van der Waals surface area contributed by atoms with Crippen molar-refractivity contribution in [1.29, 1.82) is 0 Å². The first-order valence-electron chi connectivity index (χ1n) is 5.25. The smallest absolute Gasteiger partial charge is 0.378 e. The Balaban J connectivity index is 3.03. The lowest BCUT2D eigenvalue weighted by Crippen LogP contribution is -2.63. The maximum atomic E-state index is 13.4. The van der Waals surface area contributed by atoms with Gasteiger partial charge >= 0.3 is 24.2 Å². The van der Waals surface area contributed by atoms with Crippen LogP contribution in [-0.4, -0.2) is 60.4 Å². The van der Waals surface area contributed by atoms with Gasteiger partial charge in [-0.2, -0.15) is 26.3 Å². The minimum atomic E-state index is -6.30. The number of thiocarbonyl (C=S) groups is 1. The third-order valence-electron chi connectivity index (χ3n) is 2.65. The zero-order valence-electron chi connectivity index (χ0n) is 9.69. The Kier molecular flexibility index (Phi) is 4.84. The molecule has 1 saturated heterocycles. The van der Waals surface area contributed by atoms with E-state index in [1.165, 1.54) is 0 Å². The van der Waals surface area contributed by atoms with Crippen molar-refractivity contribution in [2.24, 2.45) is 0 Å². The summed E-state index contributed by atoms with van der Waals surface area (Å²) in [6, 6.07) is 0. The highest BCUT2D eigenvalue weighted by Crippen LogP contribution is 2.49. The van der Waals surface area contributed by atoms with Gasteiger partial charge in [-0.1, -0.05) is 12.2 Å². The van der Waals surface area contributed by atoms with Gasteiger partial charge < -0.3 is 9.64 Å². The SMILES string of the molecule is FC(F)C(F)(F)C(F)(F)C(F)(F)C(=S)N1CCOCC1. The van der Waals surface area contributed by atoms with Crippen LogP contribution < -0.4 is 0 Å². The van der Waals surface area contributed by atoms with Gasteiger partial charge in [-0.15, -0.1) is 0 Å². The zero-order chi connectivity index (χ0) is 15.8. The second-order valence-corrected chi connectivity index (χ2v) is 4.36. The first kappa shape index (κ1) is 17.3. The summed E-state index contributed by atoms with van der Waals surface area (Å²) < 4.78 is 107. The van der Waals surface area contributed by atoms with Crippen LogP contribution in [0.25, 0.3) is 0 Å². The molecule has 0 aromatic rings. The van der Waals surface area contributed by atoms with Crippen LogP contribution in [0, 0.1) is 0 Å². The van der Waals surface area contributed by atoms with Gasteiger partial charge in [-0.3, -0.25) is 0 Å². The van der Waals surface area contributed by atoms with Crippen molar-refractivity contribution >= 4 is 17.2 Å². The lowest BCUT2D eigenvalue weighted by atomic mass is 10.0.